The third-order valence-electron chi connectivity index (χ3n) is 3.52. The van der Waals surface area contributed by atoms with Gasteiger partial charge in [-0.25, -0.2) is 0 Å². The van der Waals surface area contributed by atoms with Crippen molar-refractivity contribution < 1.29 is 4.79 Å². The highest BCUT2D eigenvalue weighted by atomic mass is 79.9. The molecule has 1 aromatic heterocycles. The van der Waals surface area contributed by atoms with Gasteiger partial charge in [-0.2, -0.15) is 5.10 Å². The molecular weight excluding hydrogens is 342 g/mol. The molecule has 1 heterocycles. The van der Waals surface area contributed by atoms with Crippen molar-refractivity contribution in [2.45, 2.75) is 40.7 Å². The zero-order valence-corrected chi connectivity index (χ0v) is 15.1. The SMILES string of the molecule is Cc1nn(CC(C)C)c(C)c1CC(=O)Nc1cccc(Br)c1. The van der Waals surface area contributed by atoms with Gasteiger partial charge in [-0.15, -0.1) is 0 Å². The topological polar surface area (TPSA) is 46.9 Å². The number of aromatic nitrogens is 2. The minimum Gasteiger partial charge on any atom is -0.326 e. The molecule has 0 bridgehead atoms. The molecule has 2 aromatic rings. The fraction of sp³-hybridized carbons (Fsp3) is 0.412. The Morgan fingerprint density at radius 1 is 1.36 bits per heavy atom. The maximum atomic E-state index is 12.3. The first-order valence-corrected chi connectivity index (χ1v) is 8.24. The van der Waals surface area contributed by atoms with Crippen LogP contribution in [-0.2, 0) is 17.8 Å². The molecule has 4 nitrogen and oxygen atoms in total. The van der Waals surface area contributed by atoms with Gasteiger partial charge in [0.05, 0.1) is 12.1 Å². The van der Waals surface area contributed by atoms with Crippen LogP contribution < -0.4 is 5.32 Å². The molecule has 0 aliphatic carbocycles. The molecule has 0 unspecified atom stereocenters. The summed E-state index contributed by atoms with van der Waals surface area (Å²) < 4.78 is 2.95. The van der Waals surface area contributed by atoms with E-state index < -0.39 is 0 Å². The maximum Gasteiger partial charge on any atom is 0.228 e. The lowest BCUT2D eigenvalue weighted by molar-refractivity contribution is -0.115. The number of nitrogens with one attached hydrogen (secondary N) is 1. The molecule has 0 aliphatic rings. The summed E-state index contributed by atoms with van der Waals surface area (Å²) in [5, 5.41) is 7.48. The van der Waals surface area contributed by atoms with Crippen LogP contribution in [0.1, 0.15) is 30.8 Å². The van der Waals surface area contributed by atoms with Crippen LogP contribution in [0.25, 0.3) is 0 Å². The van der Waals surface area contributed by atoms with Crippen molar-refractivity contribution in [3.8, 4) is 0 Å². The second-order valence-electron chi connectivity index (χ2n) is 5.96. The van der Waals surface area contributed by atoms with Gasteiger partial charge in [-0.1, -0.05) is 35.8 Å². The number of aryl methyl sites for hydroxylation is 1. The first-order valence-electron chi connectivity index (χ1n) is 7.45. The van der Waals surface area contributed by atoms with Crippen molar-refractivity contribution in [2.75, 3.05) is 5.32 Å². The molecule has 118 valence electrons. The molecule has 1 N–H and O–H groups in total. The van der Waals surface area contributed by atoms with E-state index in [4.69, 9.17) is 0 Å². The van der Waals surface area contributed by atoms with Gasteiger partial charge in [0.1, 0.15) is 0 Å². The summed E-state index contributed by atoms with van der Waals surface area (Å²) in [5.74, 6) is 0.509. The zero-order valence-electron chi connectivity index (χ0n) is 13.5. The van der Waals surface area contributed by atoms with Gasteiger partial charge < -0.3 is 5.32 Å². The summed E-state index contributed by atoms with van der Waals surface area (Å²) in [6.07, 6.45) is 0.349. The predicted molar refractivity (Wildman–Crippen MR) is 93.0 cm³/mol. The first kappa shape index (κ1) is 16.7. The monoisotopic (exact) mass is 363 g/mol. The van der Waals surface area contributed by atoms with E-state index in [-0.39, 0.29) is 5.91 Å². The summed E-state index contributed by atoms with van der Waals surface area (Å²) >= 11 is 3.40. The zero-order chi connectivity index (χ0) is 16.3. The van der Waals surface area contributed by atoms with Gasteiger partial charge in [0, 0.05) is 28.0 Å². The number of nitrogens with zero attached hydrogens (tertiary/aromatic N) is 2. The predicted octanol–water partition coefficient (Wildman–Crippen LogP) is 4.10. The fourth-order valence-corrected chi connectivity index (χ4v) is 2.84. The second-order valence-corrected chi connectivity index (χ2v) is 6.88. The molecule has 0 spiro atoms. The fourth-order valence-electron chi connectivity index (χ4n) is 2.45. The molecule has 1 amide bonds. The smallest absolute Gasteiger partial charge is 0.228 e. The van der Waals surface area contributed by atoms with E-state index in [1.807, 2.05) is 42.8 Å². The van der Waals surface area contributed by atoms with E-state index in [0.717, 1.165) is 33.7 Å². The van der Waals surface area contributed by atoms with Crippen LogP contribution in [0.4, 0.5) is 5.69 Å². The Balaban J connectivity index is 2.10. The summed E-state index contributed by atoms with van der Waals surface area (Å²) in [6, 6.07) is 7.60. The van der Waals surface area contributed by atoms with E-state index in [1.54, 1.807) is 0 Å². The Kier molecular flexibility index (Phi) is 5.40. The van der Waals surface area contributed by atoms with Crippen LogP contribution in [0.2, 0.25) is 0 Å². The average molecular weight is 364 g/mol. The summed E-state index contributed by atoms with van der Waals surface area (Å²) in [7, 11) is 0. The van der Waals surface area contributed by atoms with Crippen molar-refractivity contribution in [2.24, 2.45) is 5.92 Å². The van der Waals surface area contributed by atoms with Crippen molar-refractivity contribution in [1.29, 1.82) is 0 Å². The highest BCUT2D eigenvalue weighted by Gasteiger charge is 2.15. The summed E-state index contributed by atoms with van der Waals surface area (Å²) in [5.41, 5.74) is 3.83. The van der Waals surface area contributed by atoms with E-state index >= 15 is 0 Å². The minimum atomic E-state index is -0.0200. The van der Waals surface area contributed by atoms with Crippen LogP contribution in [-0.4, -0.2) is 15.7 Å². The average Bonchev–Trinajstić information content (AvgIpc) is 2.66. The Labute approximate surface area is 140 Å². The minimum absolute atomic E-state index is 0.0200. The number of carbonyl (C=O) groups is 1. The highest BCUT2D eigenvalue weighted by molar-refractivity contribution is 9.10. The molecule has 0 saturated carbocycles. The largest absolute Gasteiger partial charge is 0.326 e. The van der Waals surface area contributed by atoms with E-state index in [1.165, 1.54) is 0 Å². The maximum absolute atomic E-state index is 12.3. The Morgan fingerprint density at radius 3 is 2.73 bits per heavy atom. The Hall–Kier alpha value is -1.62. The van der Waals surface area contributed by atoms with Gasteiger partial charge in [0.25, 0.3) is 0 Å². The first-order chi connectivity index (χ1) is 10.4. The molecule has 5 heteroatoms. The van der Waals surface area contributed by atoms with Crippen molar-refractivity contribution >= 4 is 27.5 Å². The number of hydrogen-bond donors (Lipinski definition) is 1. The van der Waals surface area contributed by atoms with Crippen molar-refractivity contribution in [3.63, 3.8) is 0 Å². The van der Waals surface area contributed by atoms with Crippen LogP contribution >= 0.6 is 15.9 Å². The van der Waals surface area contributed by atoms with Gasteiger partial charge in [-0.05, 0) is 38.0 Å². The number of hydrogen-bond acceptors (Lipinski definition) is 2. The van der Waals surface area contributed by atoms with E-state index in [2.05, 4.69) is 40.2 Å². The summed E-state index contributed by atoms with van der Waals surface area (Å²) in [4.78, 5) is 12.3. The van der Waals surface area contributed by atoms with Crippen LogP contribution in [0, 0.1) is 19.8 Å². The van der Waals surface area contributed by atoms with Gasteiger partial charge in [0.2, 0.25) is 5.91 Å². The van der Waals surface area contributed by atoms with E-state index in [0.29, 0.717) is 12.3 Å². The van der Waals surface area contributed by atoms with Crippen LogP contribution in [0.15, 0.2) is 28.7 Å². The summed E-state index contributed by atoms with van der Waals surface area (Å²) in [6.45, 7) is 9.20. The molecule has 0 fully saturated rings. The van der Waals surface area contributed by atoms with Gasteiger partial charge in [-0.3, -0.25) is 9.48 Å². The number of anilines is 1. The molecule has 2 rings (SSSR count). The van der Waals surface area contributed by atoms with Crippen LogP contribution in [0.3, 0.4) is 0 Å². The lowest BCUT2D eigenvalue weighted by Crippen LogP contribution is -2.15. The quantitative estimate of drug-likeness (QED) is 0.868. The van der Waals surface area contributed by atoms with E-state index in [9.17, 15) is 4.79 Å². The van der Waals surface area contributed by atoms with Crippen LogP contribution in [0.5, 0.6) is 0 Å². The van der Waals surface area contributed by atoms with Gasteiger partial charge in [0.15, 0.2) is 0 Å². The number of carbonyl (C=O) groups excluding carboxylic acids is 1. The molecule has 1 aromatic carbocycles. The number of benzene rings is 1. The third-order valence-corrected chi connectivity index (χ3v) is 4.01. The van der Waals surface area contributed by atoms with Crippen molar-refractivity contribution in [1.82, 2.24) is 9.78 Å². The number of amides is 1. The lowest BCUT2D eigenvalue weighted by atomic mass is 10.1. The molecule has 0 aliphatic heterocycles. The molecule has 0 saturated heterocycles. The lowest BCUT2D eigenvalue weighted by Gasteiger charge is -2.08. The third kappa shape index (κ3) is 4.19. The Bertz CT molecular complexity index is 677. The number of halogens is 1. The molecule has 22 heavy (non-hydrogen) atoms. The number of rotatable bonds is 5. The second kappa shape index (κ2) is 7.09. The normalized spacial score (nSPS) is 11.0. The molecular formula is C17H22BrN3O. The van der Waals surface area contributed by atoms with Gasteiger partial charge >= 0.3 is 0 Å². The highest BCUT2D eigenvalue weighted by Crippen LogP contribution is 2.18. The van der Waals surface area contributed by atoms with Crippen molar-refractivity contribution in [3.05, 3.63) is 45.7 Å². The molecule has 0 radical (unpaired) electrons. The Morgan fingerprint density at radius 2 is 2.09 bits per heavy atom. The standard InChI is InChI=1S/C17H22BrN3O/c1-11(2)10-21-13(4)16(12(3)20-21)9-17(22)19-15-7-5-6-14(18)8-15/h5-8,11H,9-10H2,1-4H3,(H,19,22). The molecule has 0 atom stereocenters.